The Bertz CT molecular complexity index is 519. The van der Waals surface area contributed by atoms with Gasteiger partial charge in [-0.3, -0.25) is 0 Å². The number of esters is 1. The smallest absolute Gasteiger partial charge is 0.354 e. The van der Waals surface area contributed by atoms with Gasteiger partial charge >= 0.3 is 5.97 Å². The summed E-state index contributed by atoms with van der Waals surface area (Å²) in [4.78, 5) is 11.7. The van der Waals surface area contributed by atoms with Gasteiger partial charge in [0.05, 0.1) is 0 Å². The summed E-state index contributed by atoms with van der Waals surface area (Å²) in [6.07, 6.45) is 0. The number of carbonyl (C=O) groups excluding carboxylic acids is 1. The molecule has 0 aliphatic rings. The predicted molar refractivity (Wildman–Crippen MR) is 67.0 cm³/mol. The van der Waals surface area contributed by atoms with E-state index in [0.29, 0.717) is 17.6 Å². The van der Waals surface area contributed by atoms with Crippen LogP contribution in [0.5, 0.6) is 0 Å². The first-order valence-corrected chi connectivity index (χ1v) is 6.13. The van der Waals surface area contributed by atoms with Gasteiger partial charge in [0.15, 0.2) is 0 Å². The second-order valence-electron chi connectivity index (χ2n) is 3.47. The number of hydrogen-bond donors (Lipinski definition) is 0. The maximum Gasteiger partial charge on any atom is 0.354 e. The standard InChI is InChI=1S/C12H12BrNO2/c1-14-10-5-3-2-4-9(10)8-11(14)12(15)16-7-6-13/h2-5,8H,6-7H2,1H3. The van der Waals surface area contributed by atoms with Gasteiger partial charge in [-0.25, -0.2) is 4.79 Å². The first-order chi connectivity index (χ1) is 7.74. The van der Waals surface area contributed by atoms with Crippen molar-refractivity contribution in [3.8, 4) is 0 Å². The van der Waals surface area contributed by atoms with Gasteiger partial charge in [0.2, 0.25) is 0 Å². The highest BCUT2D eigenvalue weighted by atomic mass is 79.9. The van der Waals surface area contributed by atoms with Crippen LogP contribution in [0.15, 0.2) is 30.3 Å². The highest BCUT2D eigenvalue weighted by molar-refractivity contribution is 9.09. The SMILES string of the molecule is Cn1c(C(=O)OCCBr)cc2ccccc21. The highest BCUT2D eigenvalue weighted by Gasteiger charge is 2.13. The Labute approximate surface area is 102 Å². The third-order valence-electron chi connectivity index (χ3n) is 2.47. The van der Waals surface area contributed by atoms with Gasteiger partial charge in [0, 0.05) is 23.3 Å². The summed E-state index contributed by atoms with van der Waals surface area (Å²) >= 11 is 3.22. The molecular formula is C12H12BrNO2. The number of nitrogens with zero attached hydrogens (tertiary/aromatic N) is 1. The van der Waals surface area contributed by atoms with Crippen molar-refractivity contribution in [1.29, 1.82) is 0 Å². The molecule has 1 aromatic heterocycles. The van der Waals surface area contributed by atoms with Crippen molar-refractivity contribution >= 4 is 32.8 Å². The molecule has 3 nitrogen and oxygen atoms in total. The lowest BCUT2D eigenvalue weighted by Crippen LogP contribution is -2.11. The Morgan fingerprint density at radius 1 is 1.44 bits per heavy atom. The number of halogens is 1. The molecule has 0 unspecified atom stereocenters. The van der Waals surface area contributed by atoms with Crippen LogP contribution in [-0.2, 0) is 11.8 Å². The molecule has 0 amide bonds. The van der Waals surface area contributed by atoms with Crippen LogP contribution < -0.4 is 0 Å². The zero-order valence-electron chi connectivity index (χ0n) is 8.94. The monoisotopic (exact) mass is 281 g/mol. The first kappa shape index (κ1) is 11.2. The normalized spacial score (nSPS) is 10.6. The molecule has 16 heavy (non-hydrogen) atoms. The number of benzene rings is 1. The summed E-state index contributed by atoms with van der Waals surface area (Å²) in [6, 6.07) is 9.73. The molecule has 0 atom stereocenters. The van der Waals surface area contributed by atoms with Gasteiger partial charge in [0.1, 0.15) is 12.3 Å². The molecule has 0 aliphatic carbocycles. The van der Waals surface area contributed by atoms with Crippen molar-refractivity contribution < 1.29 is 9.53 Å². The Morgan fingerprint density at radius 3 is 2.88 bits per heavy atom. The maximum atomic E-state index is 11.7. The summed E-state index contributed by atoms with van der Waals surface area (Å²) in [5, 5.41) is 1.71. The lowest BCUT2D eigenvalue weighted by molar-refractivity contribution is 0.0521. The topological polar surface area (TPSA) is 31.2 Å². The molecule has 0 radical (unpaired) electrons. The van der Waals surface area contributed by atoms with Crippen molar-refractivity contribution in [1.82, 2.24) is 4.57 Å². The van der Waals surface area contributed by atoms with E-state index < -0.39 is 0 Å². The van der Waals surface area contributed by atoms with E-state index in [1.54, 1.807) is 0 Å². The Hall–Kier alpha value is -1.29. The second-order valence-corrected chi connectivity index (χ2v) is 4.27. The van der Waals surface area contributed by atoms with E-state index in [0.717, 1.165) is 10.9 Å². The number of ether oxygens (including phenoxy) is 1. The fourth-order valence-electron chi connectivity index (χ4n) is 1.69. The Morgan fingerprint density at radius 2 is 2.19 bits per heavy atom. The molecule has 0 N–H and O–H groups in total. The molecule has 0 aliphatic heterocycles. The first-order valence-electron chi connectivity index (χ1n) is 5.01. The minimum absolute atomic E-state index is 0.279. The quantitative estimate of drug-likeness (QED) is 0.640. The number of rotatable bonds is 3. The van der Waals surface area contributed by atoms with Crippen LogP contribution in [0.3, 0.4) is 0 Å². The van der Waals surface area contributed by atoms with E-state index in [1.165, 1.54) is 0 Å². The lowest BCUT2D eigenvalue weighted by Gasteiger charge is -2.03. The van der Waals surface area contributed by atoms with Crippen LogP contribution in [-0.4, -0.2) is 22.5 Å². The third kappa shape index (κ3) is 1.97. The largest absolute Gasteiger partial charge is 0.460 e. The van der Waals surface area contributed by atoms with Crippen molar-refractivity contribution in [2.45, 2.75) is 0 Å². The van der Waals surface area contributed by atoms with Gasteiger partial charge in [-0.05, 0) is 12.1 Å². The van der Waals surface area contributed by atoms with Gasteiger partial charge in [-0.1, -0.05) is 34.1 Å². The second kappa shape index (κ2) is 4.70. The minimum Gasteiger partial charge on any atom is -0.460 e. The molecule has 0 bridgehead atoms. The average molecular weight is 282 g/mol. The zero-order valence-corrected chi connectivity index (χ0v) is 10.5. The zero-order chi connectivity index (χ0) is 11.5. The number of fused-ring (bicyclic) bond motifs is 1. The highest BCUT2D eigenvalue weighted by Crippen LogP contribution is 2.18. The van der Waals surface area contributed by atoms with Crippen molar-refractivity contribution in [2.75, 3.05) is 11.9 Å². The number of carbonyl (C=O) groups is 1. The van der Waals surface area contributed by atoms with Gasteiger partial charge in [0.25, 0.3) is 0 Å². The van der Waals surface area contributed by atoms with Crippen LogP contribution >= 0.6 is 15.9 Å². The van der Waals surface area contributed by atoms with Crippen molar-refractivity contribution in [3.63, 3.8) is 0 Å². The average Bonchev–Trinajstić information content (AvgIpc) is 2.64. The van der Waals surface area contributed by atoms with E-state index in [-0.39, 0.29) is 5.97 Å². The summed E-state index contributed by atoms with van der Waals surface area (Å²) in [5.74, 6) is -0.279. The van der Waals surface area contributed by atoms with Crippen LogP contribution in [0.4, 0.5) is 0 Å². The molecule has 4 heteroatoms. The fourth-order valence-corrected chi connectivity index (χ4v) is 1.85. The third-order valence-corrected chi connectivity index (χ3v) is 2.79. The van der Waals surface area contributed by atoms with Crippen LogP contribution in [0.1, 0.15) is 10.5 Å². The maximum absolute atomic E-state index is 11.7. The molecule has 0 saturated carbocycles. The molecule has 0 fully saturated rings. The molecule has 1 heterocycles. The molecule has 2 aromatic rings. The molecule has 84 valence electrons. The van der Waals surface area contributed by atoms with Gasteiger partial charge in [-0.2, -0.15) is 0 Å². The van der Waals surface area contributed by atoms with E-state index in [9.17, 15) is 4.79 Å². The predicted octanol–water partition coefficient (Wildman–Crippen LogP) is 2.73. The minimum atomic E-state index is -0.279. The Kier molecular flexibility index (Phi) is 3.29. The van der Waals surface area contributed by atoms with Crippen LogP contribution in [0.2, 0.25) is 0 Å². The fraction of sp³-hybridized carbons (Fsp3) is 0.250. The van der Waals surface area contributed by atoms with Gasteiger partial charge < -0.3 is 9.30 Å². The number of para-hydroxylation sites is 1. The number of aryl methyl sites for hydroxylation is 1. The van der Waals surface area contributed by atoms with Gasteiger partial charge in [-0.15, -0.1) is 0 Å². The number of aromatic nitrogens is 1. The van der Waals surface area contributed by atoms with Crippen molar-refractivity contribution in [3.05, 3.63) is 36.0 Å². The number of hydrogen-bond acceptors (Lipinski definition) is 2. The Balaban J connectivity index is 2.37. The molecule has 1 aromatic carbocycles. The van der Waals surface area contributed by atoms with Crippen molar-refractivity contribution in [2.24, 2.45) is 7.05 Å². The van der Waals surface area contributed by atoms with E-state index in [2.05, 4.69) is 15.9 Å². The molecular weight excluding hydrogens is 270 g/mol. The van der Waals surface area contributed by atoms with E-state index in [4.69, 9.17) is 4.74 Å². The summed E-state index contributed by atoms with van der Waals surface area (Å²) in [7, 11) is 1.87. The van der Waals surface area contributed by atoms with Crippen LogP contribution in [0, 0.1) is 0 Å². The molecule has 0 spiro atoms. The summed E-state index contributed by atoms with van der Waals surface area (Å²) in [5.41, 5.74) is 1.62. The van der Waals surface area contributed by atoms with E-state index in [1.807, 2.05) is 41.9 Å². The molecule has 0 saturated heterocycles. The lowest BCUT2D eigenvalue weighted by atomic mass is 10.2. The summed E-state index contributed by atoms with van der Waals surface area (Å²) < 4.78 is 6.93. The van der Waals surface area contributed by atoms with Crippen LogP contribution in [0.25, 0.3) is 10.9 Å². The molecule has 2 rings (SSSR count). The van der Waals surface area contributed by atoms with E-state index >= 15 is 0 Å². The number of alkyl halides is 1. The summed E-state index contributed by atoms with van der Waals surface area (Å²) in [6.45, 7) is 0.389.